The Hall–Kier alpha value is -1.86. The minimum atomic E-state index is -0.351. The molecule has 1 aliphatic rings. The number of nitrogens with zero attached hydrogens (tertiary/aromatic N) is 4. The topological polar surface area (TPSA) is 87.8 Å². The highest BCUT2D eigenvalue weighted by molar-refractivity contribution is 5.85. The fourth-order valence-corrected chi connectivity index (χ4v) is 3.70. The second-order valence-corrected chi connectivity index (χ2v) is 7.36. The van der Waals surface area contributed by atoms with E-state index in [2.05, 4.69) is 6.08 Å². The van der Waals surface area contributed by atoms with E-state index in [9.17, 15) is 9.59 Å². The van der Waals surface area contributed by atoms with Crippen molar-refractivity contribution in [3.63, 3.8) is 0 Å². The van der Waals surface area contributed by atoms with Crippen LogP contribution in [0, 0.1) is 0 Å². The third-order valence-electron chi connectivity index (χ3n) is 5.14. The first-order valence-corrected chi connectivity index (χ1v) is 8.86. The molecule has 0 radical (unpaired) electrons. The van der Waals surface area contributed by atoms with E-state index in [0.29, 0.717) is 17.7 Å². The molecule has 144 valence electrons. The summed E-state index contributed by atoms with van der Waals surface area (Å²) in [5.74, 6) is 1.10. The lowest BCUT2D eigenvalue weighted by Crippen LogP contribution is -2.37. The van der Waals surface area contributed by atoms with Crippen LogP contribution in [-0.2, 0) is 20.6 Å². The number of aromatic nitrogens is 4. The molecular formula is C18H28ClN5O2. The fourth-order valence-electron chi connectivity index (χ4n) is 3.70. The van der Waals surface area contributed by atoms with Crippen LogP contribution < -0.4 is 17.0 Å². The van der Waals surface area contributed by atoms with Crippen LogP contribution in [0.5, 0.6) is 0 Å². The Bertz CT molecular complexity index is 949. The molecule has 2 N–H and O–H groups in total. The lowest BCUT2D eigenvalue weighted by atomic mass is 9.85. The number of allylic oxidation sites excluding steroid dienone is 2. The molecule has 8 heteroatoms. The van der Waals surface area contributed by atoms with Gasteiger partial charge in [0.05, 0.1) is 0 Å². The molecule has 2 aromatic rings. The van der Waals surface area contributed by atoms with Crippen LogP contribution in [0.3, 0.4) is 0 Å². The molecule has 0 aromatic carbocycles. The van der Waals surface area contributed by atoms with E-state index < -0.39 is 0 Å². The predicted octanol–water partition coefficient (Wildman–Crippen LogP) is 1.81. The van der Waals surface area contributed by atoms with Crippen LogP contribution in [-0.4, -0.2) is 24.7 Å². The van der Waals surface area contributed by atoms with E-state index in [0.717, 1.165) is 36.1 Å². The second-order valence-electron chi connectivity index (χ2n) is 7.36. The monoisotopic (exact) mass is 381 g/mol. The fraction of sp³-hybridized carbons (Fsp3) is 0.611. The SMILES string of the molecule is CC(C)=CCn1c([C@@H]2CCC[C@H](N)C2)nc2c1c(=O)n(C)c(=O)n2C.Cl. The van der Waals surface area contributed by atoms with Crippen molar-refractivity contribution in [2.24, 2.45) is 19.8 Å². The average Bonchev–Trinajstić information content (AvgIpc) is 2.96. The summed E-state index contributed by atoms with van der Waals surface area (Å²) < 4.78 is 4.59. The van der Waals surface area contributed by atoms with Crippen LogP contribution in [0.1, 0.15) is 51.3 Å². The number of nitrogens with two attached hydrogens (primary N) is 1. The van der Waals surface area contributed by atoms with Gasteiger partial charge in [-0.2, -0.15) is 0 Å². The third kappa shape index (κ3) is 3.50. The molecular weight excluding hydrogens is 354 g/mol. The standard InChI is InChI=1S/C18H27N5O2.ClH/c1-11(2)8-9-23-14-16(21(3)18(25)22(4)17(14)24)20-15(23)12-6-5-7-13(19)10-12;/h8,12-13H,5-7,9-10,19H2,1-4H3;1H/t12-,13+;/m1./s1. The van der Waals surface area contributed by atoms with Crippen LogP contribution in [0.15, 0.2) is 21.2 Å². The molecule has 1 saturated carbocycles. The summed E-state index contributed by atoms with van der Waals surface area (Å²) in [4.78, 5) is 29.8. The normalized spacial score (nSPS) is 20.0. The highest BCUT2D eigenvalue weighted by atomic mass is 35.5. The van der Waals surface area contributed by atoms with Crippen molar-refractivity contribution in [2.45, 2.75) is 58.0 Å². The highest BCUT2D eigenvalue weighted by Crippen LogP contribution is 2.32. The number of hydrogen-bond acceptors (Lipinski definition) is 4. The van der Waals surface area contributed by atoms with Crippen molar-refractivity contribution in [2.75, 3.05) is 0 Å². The molecule has 1 fully saturated rings. The van der Waals surface area contributed by atoms with E-state index in [-0.39, 0.29) is 35.6 Å². The van der Waals surface area contributed by atoms with Gasteiger partial charge in [0.15, 0.2) is 11.2 Å². The summed E-state index contributed by atoms with van der Waals surface area (Å²) in [6.07, 6.45) is 6.06. The molecule has 2 aromatic heterocycles. The summed E-state index contributed by atoms with van der Waals surface area (Å²) in [5, 5.41) is 0. The number of hydrogen-bond donors (Lipinski definition) is 1. The molecule has 0 bridgehead atoms. The highest BCUT2D eigenvalue weighted by Gasteiger charge is 2.27. The number of rotatable bonds is 3. The minimum Gasteiger partial charge on any atom is -0.328 e. The molecule has 2 heterocycles. The summed E-state index contributed by atoms with van der Waals surface area (Å²) in [6.45, 7) is 4.64. The molecule has 0 amide bonds. The van der Waals surface area contributed by atoms with Crippen molar-refractivity contribution < 1.29 is 0 Å². The molecule has 7 nitrogen and oxygen atoms in total. The molecule has 0 saturated heterocycles. The van der Waals surface area contributed by atoms with Gasteiger partial charge in [0, 0.05) is 32.6 Å². The number of halogens is 1. The quantitative estimate of drug-likeness (QED) is 0.821. The van der Waals surface area contributed by atoms with Gasteiger partial charge < -0.3 is 10.3 Å². The van der Waals surface area contributed by atoms with Crippen LogP contribution >= 0.6 is 12.4 Å². The van der Waals surface area contributed by atoms with Gasteiger partial charge in [0.25, 0.3) is 5.56 Å². The zero-order valence-corrected chi connectivity index (χ0v) is 16.7. The lowest BCUT2D eigenvalue weighted by Gasteiger charge is -2.26. The Morgan fingerprint density at radius 3 is 2.54 bits per heavy atom. The van der Waals surface area contributed by atoms with Crippen LogP contribution in [0.2, 0.25) is 0 Å². The predicted molar refractivity (Wildman–Crippen MR) is 106 cm³/mol. The largest absolute Gasteiger partial charge is 0.332 e. The van der Waals surface area contributed by atoms with Gasteiger partial charge in [-0.25, -0.2) is 9.78 Å². The van der Waals surface area contributed by atoms with E-state index >= 15 is 0 Å². The lowest BCUT2D eigenvalue weighted by molar-refractivity contribution is 0.376. The summed E-state index contributed by atoms with van der Waals surface area (Å²) >= 11 is 0. The first-order valence-electron chi connectivity index (χ1n) is 8.86. The Balaban J connectivity index is 0.00000243. The smallest absolute Gasteiger partial charge is 0.328 e. The van der Waals surface area contributed by atoms with Crippen molar-refractivity contribution >= 4 is 23.6 Å². The second kappa shape index (κ2) is 7.80. The van der Waals surface area contributed by atoms with Gasteiger partial charge >= 0.3 is 5.69 Å². The van der Waals surface area contributed by atoms with Gasteiger partial charge in [-0.3, -0.25) is 13.9 Å². The number of imidazole rings is 1. The Morgan fingerprint density at radius 2 is 1.92 bits per heavy atom. The average molecular weight is 382 g/mol. The maximum absolute atomic E-state index is 12.8. The van der Waals surface area contributed by atoms with Crippen molar-refractivity contribution in [1.29, 1.82) is 0 Å². The van der Waals surface area contributed by atoms with Crippen molar-refractivity contribution in [3.05, 3.63) is 38.3 Å². The Labute approximate surface area is 158 Å². The first kappa shape index (κ1) is 20.5. The van der Waals surface area contributed by atoms with Crippen LogP contribution in [0.4, 0.5) is 0 Å². The third-order valence-corrected chi connectivity index (χ3v) is 5.14. The maximum atomic E-state index is 12.8. The molecule has 2 atom stereocenters. The molecule has 26 heavy (non-hydrogen) atoms. The van der Waals surface area contributed by atoms with Gasteiger partial charge in [0.2, 0.25) is 0 Å². The van der Waals surface area contributed by atoms with Crippen molar-refractivity contribution in [3.8, 4) is 0 Å². The maximum Gasteiger partial charge on any atom is 0.332 e. The summed E-state index contributed by atoms with van der Waals surface area (Å²) in [6, 6.07) is 0.169. The summed E-state index contributed by atoms with van der Waals surface area (Å²) in [5.41, 5.74) is 7.66. The van der Waals surface area contributed by atoms with Gasteiger partial charge in [-0.05, 0) is 33.1 Å². The number of aryl methyl sites for hydroxylation is 1. The molecule has 0 unspecified atom stereocenters. The zero-order chi connectivity index (χ0) is 18.3. The van der Waals surface area contributed by atoms with Crippen LogP contribution in [0.25, 0.3) is 11.2 Å². The van der Waals surface area contributed by atoms with E-state index in [1.54, 1.807) is 7.05 Å². The summed E-state index contributed by atoms with van der Waals surface area (Å²) in [7, 11) is 3.18. The van der Waals surface area contributed by atoms with E-state index in [1.807, 2.05) is 18.4 Å². The van der Waals surface area contributed by atoms with Gasteiger partial charge in [-0.15, -0.1) is 12.4 Å². The Kier molecular flexibility index (Phi) is 6.13. The molecule has 0 spiro atoms. The van der Waals surface area contributed by atoms with Gasteiger partial charge in [0.1, 0.15) is 5.82 Å². The molecule has 0 aliphatic heterocycles. The molecule has 3 rings (SSSR count). The zero-order valence-electron chi connectivity index (χ0n) is 15.9. The first-order chi connectivity index (χ1) is 11.8. The van der Waals surface area contributed by atoms with E-state index in [4.69, 9.17) is 10.7 Å². The number of fused-ring (bicyclic) bond motifs is 1. The van der Waals surface area contributed by atoms with E-state index in [1.165, 1.54) is 17.2 Å². The Morgan fingerprint density at radius 1 is 1.23 bits per heavy atom. The van der Waals surface area contributed by atoms with Crippen molar-refractivity contribution in [1.82, 2.24) is 18.7 Å². The molecule has 1 aliphatic carbocycles. The minimum absolute atomic E-state index is 0. The van der Waals surface area contributed by atoms with Gasteiger partial charge in [-0.1, -0.05) is 18.1 Å².